The number of anilines is 1. The number of hydrogen-bond donors (Lipinski definition) is 1. The van der Waals surface area contributed by atoms with Gasteiger partial charge in [0.25, 0.3) is 5.91 Å². The van der Waals surface area contributed by atoms with Gasteiger partial charge in [0.1, 0.15) is 11.6 Å². The number of nitrogens with one attached hydrogen (secondary N) is 1. The first-order chi connectivity index (χ1) is 14.5. The van der Waals surface area contributed by atoms with Crippen LogP contribution >= 0.6 is 11.6 Å². The first kappa shape index (κ1) is 22.1. The molecule has 160 valence electrons. The summed E-state index contributed by atoms with van der Waals surface area (Å²) in [5.41, 5.74) is 1.94. The van der Waals surface area contributed by atoms with E-state index in [1.165, 1.54) is 12.1 Å². The van der Waals surface area contributed by atoms with Gasteiger partial charge in [-0.05, 0) is 36.2 Å². The standard InChI is InChI=1S/C22H25ClFN3O3/c1-2-16-5-3-4-6-19(16)25-21(28)14-26-9-11-27(12-10-26)22(29)15-30-20-8-7-17(24)13-18(20)23/h3-8,13H,2,9-12,14-15H2,1H3,(H,25,28). The fraction of sp³-hybridized carbons (Fsp3) is 0.364. The molecule has 0 bridgehead atoms. The van der Waals surface area contributed by atoms with E-state index in [4.69, 9.17) is 16.3 Å². The number of para-hydroxylation sites is 1. The van der Waals surface area contributed by atoms with Gasteiger partial charge >= 0.3 is 0 Å². The average molecular weight is 434 g/mol. The minimum atomic E-state index is -0.461. The molecule has 1 aliphatic rings. The summed E-state index contributed by atoms with van der Waals surface area (Å²) < 4.78 is 18.5. The number of rotatable bonds is 7. The summed E-state index contributed by atoms with van der Waals surface area (Å²) in [5, 5.41) is 3.10. The number of carbonyl (C=O) groups is 2. The van der Waals surface area contributed by atoms with Crippen molar-refractivity contribution in [1.29, 1.82) is 0 Å². The molecule has 1 aliphatic heterocycles. The quantitative estimate of drug-likeness (QED) is 0.728. The zero-order valence-electron chi connectivity index (χ0n) is 16.9. The Morgan fingerprint density at radius 3 is 2.57 bits per heavy atom. The maximum Gasteiger partial charge on any atom is 0.260 e. The second-order valence-corrected chi connectivity index (χ2v) is 7.49. The zero-order valence-corrected chi connectivity index (χ0v) is 17.6. The number of carbonyl (C=O) groups excluding carboxylic acids is 2. The molecule has 0 radical (unpaired) electrons. The first-order valence-electron chi connectivity index (χ1n) is 9.92. The molecule has 0 aromatic heterocycles. The van der Waals surface area contributed by atoms with Crippen LogP contribution in [-0.4, -0.2) is 60.9 Å². The molecule has 2 aromatic carbocycles. The highest BCUT2D eigenvalue weighted by Crippen LogP contribution is 2.24. The Kier molecular flexibility index (Phi) is 7.65. The van der Waals surface area contributed by atoms with E-state index < -0.39 is 5.82 Å². The number of piperazine rings is 1. The second-order valence-electron chi connectivity index (χ2n) is 7.08. The van der Waals surface area contributed by atoms with Crippen molar-refractivity contribution in [3.8, 4) is 5.75 Å². The third-order valence-electron chi connectivity index (χ3n) is 5.01. The van der Waals surface area contributed by atoms with Crippen molar-refractivity contribution >= 4 is 29.1 Å². The molecule has 0 atom stereocenters. The molecule has 30 heavy (non-hydrogen) atoms. The molecule has 3 rings (SSSR count). The summed E-state index contributed by atoms with van der Waals surface area (Å²) in [6.07, 6.45) is 0.850. The van der Waals surface area contributed by atoms with Crippen LogP contribution in [0, 0.1) is 5.82 Å². The maximum atomic E-state index is 13.1. The van der Waals surface area contributed by atoms with E-state index >= 15 is 0 Å². The van der Waals surface area contributed by atoms with Crippen molar-refractivity contribution in [1.82, 2.24) is 9.80 Å². The van der Waals surface area contributed by atoms with Crippen molar-refractivity contribution in [2.75, 3.05) is 44.6 Å². The molecule has 2 aromatic rings. The van der Waals surface area contributed by atoms with Crippen molar-refractivity contribution in [2.45, 2.75) is 13.3 Å². The van der Waals surface area contributed by atoms with E-state index in [1.807, 2.05) is 29.2 Å². The Balaban J connectivity index is 1.42. The van der Waals surface area contributed by atoms with Crippen LogP contribution in [-0.2, 0) is 16.0 Å². The van der Waals surface area contributed by atoms with Crippen LogP contribution in [0.4, 0.5) is 10.1 Å². The average Bonchev–Trinajstić information content (AvgIpc) is 2.74. The van der Waals surface area contributed by atoms with E-state index in [1.54, 1.807) is 4.90 Å². The third kappa shape index (κ3) is 5.93. The van der Waals surface area contributed by atoms with Crippen LogP contribution in [0.2, 0.25) is 5.02 Å². The number of aryl methyl sites for hydroxylation is 1. The van der Waals surface area contributed by atoms with Crippen LogP contribution in [0.1, 0.15) is 12.5 Å². The van der Waals surface area contributed by atoms with Gasteiger partial charge in [-0.3, -0.25) is 14.5 Å². The summed E-state index contributed by atoms with van der Waals surface area (Å²) in [4.78, 5) is 28.5. The summed E-state index contributed by atoms with van der Waals surface area (Å²) in [6.45, 7) is 4.39. The Labute approximate surface area is 180 Å². The van der Waals surface area contributed by atoms with E-state index in [9.17, 15) is 14.0 Å². The predicted octanol–water partition coefficient (Wildman–Crippen LogP) is 3.20. The van der Waals surface area contributed by atoms with Crippen LogP contribution in [0.3, 0.4) is 0 Å². The molecule has 1 saturated heterocycles. The molecule has 2 amide bonds. The number of ether oxygens (including phenoxy) is 1. The van der Waals surface area contributed by atoms with Gasteiger partial charge in [-0.15, -0.1) is 0 Å². The summed E-state index contributed by atoms with van der Waals surface area (Å²) in [7, 11) is 0. The van der Waals surface area contributed by atoms with Gasteiger partial charge < -0.3 is 15.0 Å². The lowest BCUT2D eigenvalue weighted by molar-refractivity contribution is -0.135. The second kappa shape index (κ2) is 10.4. The molecular formula is C22H25ClFN3O3. The van der Waals surface area contributed by atoms with Gasteiger partial charge in [0.15, 0.2) is 6.61 Å². The highest BCUT2D eigenvalue weighted by Gasteiger charge is 2.23. The molecule has 6 nitrogen and oxygen atoms in total. The lowest BCUT2D eigenvalue weighted by Crippen LogP contribution is -2.51. The molecule has 0 aliphatic carbocycles. The Morgan fingerprint density at radius 1 is 1.13 bits per heavy atom. The lowest BCUT2D eigenvalue weighted by atomic mass is 10.1. The van der Waals surface area contributed by atoms with Gasteiger partial charge in [-0.25, -0.2) is 4.39 Å². The van der Waals surface area contributed by atoms with Crippen LogP contribution in [0.5, 0.6) is 5.75 Å². The fourth-order valence-corrected chi connectivity index (χ4v) is 3.54. The highest BCUT2D eigenvalue weighted by atomic mass is 35.5. The SMILES string of the molecule is CCc1ccccc1NC(=O)CN1CCN(C(=O)COc2ccc(F)cc2Cl)CC1. The van der Waals surface area contributed by atoms with Gasteiger partial charge in [-0.1, -0.05) is 36.7 Å². The number of amides is 2. The van der Waals surface area contributed by atoms with Gasteiger partial charge in [0, 0.05) is 31.9 Å². The predicted molar refractivity (Wildman–Crippen MR) is 114 cm³/mol. The maximum absolute atomic E-state index is 13.1. The Morgan fingerprint density at radius 2 is 1.87 bits per heavy atom. The van der Waals surface area contributed by atoms with Gasteiger partial charge in [-0.2, -0.15) is 0 Å². The normalized spacial score (nSPS) is 14.4. The van der Waals surface area contributed by atoms with E-state index in [2.05, 4.69) is 12.2 Å². The largest absolute Gasteiger partial charge is 0.482 e. The zero-order chi connectivity index (χ0) is 21.5. The van der Waals surface area contributed by atoms with Crippen molar-refractivity contribution in [2.24, 2.45) is 0 Å². The monoisotopic (exact) mass is 433 g/mol. The molecule has 8 heteroatoms. The minimum absolute atomic E-state index is 0.0649. The molecule has 1 N–H and O–H groups in total. The fourth-order valence-electron chi connectivity index (χ4n) is 3.32. The van der Waals surface area contributed by atoms with E-state index in [0.29, 0.717) is 26.2 Å². The molecule has 0 unspecified atom stereocenters. The number of benzene rings is 2. The van der Waals surface area contributed by atoms with Crippen molar-refractivity contribution in [3.63, 3.8) is 0 Å². The molecule has 0 spiro atoms. The first-order valence-corrected chi connectivity index (χ1v) is 10.3. The highest BCUT2D eigenvalue weighted by molar-refractivity contribution is 6.32. The number of hydrogen-bond acceptors (Lipinski definition) is 4. The minimum Gasteiger partial charge on any atom is -0.482 e. The Bertz CT molecular complexity index is 901. The summed E-state index contributed by atoms with van der Waals surface area (Å²) in [5.74, 6) is -0.424. The van der Waals surface area contributed by atoms with Crippen LogP contribution in [0.15, 0.2) is 42.5 Å². The molecule has 1 fully saturated rings. The summed E-state index contributed by atoms with van der Waals surface area (Å²) in [6, 6.07) is 11.5. The third-order valence-corrected chi connectivity index (χ3v) is 5.31. The van der Waals surface area contributed by atoms with Gasteiger partial charge in [0.2, 0.25) is 5.91 Å². The lowest BCUT2D eigenvalue weighted by Gasteiger charge is -2.34. The molecule has 0 saturated carbocycles. The van der Waals surface area contributed by atoms with E-state index in [0.717, 1.165) is 23.7 Å². The van der Waals surface area contributed by atoms with Gasteiger partial charge in [0.05, 0.1) is 11.6 Å². The van der Waals surface area contributed by atoms with E-state index in [-0.39, 0.29) is 35.7 Å². The molecule has 1 heterocycles. The topological polar surface area (TPSA) is 61.9 Å². The Hall–Kier alpha value is -2.64. The summed E-state index contributed by atoms with van der Waals surface area (Å²) >= 11 is 5.91. The smallest absolute Gasteiger partial charge is 0.260 e. The van der Waals surface area contributed by atoms with Crippen LogP contribution in [0.25, 0.3) is 0 Å². The number of halogens is 2. The van der Waals surface area contributed by atoms with Crippen molar-refractivity contribution < 1.29 is 18.7 Å². The van der Waals surface area contributed by atoms with Crippen molar-refractivity contribution in [3.05, 3.63) is 58.9 Å². The number of nitrogens with zero attached hydrogens (tertiary/aromatic N) is 2. The molecular weight excluding hydrogens is 409 g/mol. The van der Waals surface area contributed by atoms with Crippen LogP contribution < -0.4 is 10.1 Å².